The van der Waals surface area contributed by atoms with Gasteiger partial charge in [0.05, 0.1) is 0 Å². The Morgan fingerprint density at radius 2 is 1.50 bits per heavy atom. The molecule has 2 heterocycles. The lowest BCUT2D eigenvalue weighted by atomic mass is 9.95. The molecule has 0 bridgehead atoms. The first-order chi connectivity index (χ1) is 11.7. The number of ether oxygens (including phenoxy) is 4. The topological polar surface area (TPSA) is 57.2 Å². The molecule has 3 aromatic rings. The maximum absolute atomic E-state index is 10.8. The normalized spacial score (nSPS) is 14.4. The van der Waals surface area contributed by atoms with E-state index in [0.717, 1.165) is 39.0 Å². The van der Waals surface area contributed by atoms with Crippen LogP contribution in [0.25, 0.3) is 21.9 Å². The number of benzene rings is 3. The van der Waals surface area contributed by atoms with Crippen LogP contribution in [0, 0.1) is 6.92 Å². The number of phenols is 1. The Hall–Kier alpha value is -3.08. The lowest BCUT2D eigenvalue weighted by molar-refractivity contribution is 0.173. The van der Waals surface area contributed by atoms with Gasteiger partial charge in [-0.3, -0.25) is 0 Å². The van der Waals surface area contributed by atoms with Crippen LogP contribution in [0.2, 0.25) is 0 Å². The van der Waals surface area contributed by atoms with E-state index in [1.54, 1.807) is 0 Å². The molecule has 0 fully saturated rings. The molecule has 0 atom stereocenters. The fourth-order valence-electron chi connectivity index (χ4n) is 3.32. The van der Waals surface area contributed by atoms with Gasteiger partial charge in [-0.1, -0.05) is 18.2 Å². The molecule has 0 unspecified atom stereocenters. The summed E-state index contributed by atoms with van der Waals surface area (Å²) in [6.45, 7) is 2.40. The van der Waals surface area contributed by atoms with E-state index in [-0.39, 0.29) is 19.3 Å². The molecular weight excluding hydrogens is 308 g/mol. The van der Waals surface area contributed by atoms with E-state index in [4.69, 9.17) is 18.9 Å². The fraction of sp³-hybridized carbons (Fsp3) is 0.158. The zero-order valence-corrected chi connectivity index (χ0v) is 13.0. The molecule has 0 saturated heterocycles. The van der Waals surface area contributed by atoms with Gasteiger partial charge in [-0.2, -0.15) is 0 Å². The minimum Gasteiger partial charge on any atom is -0.507 e. The Kier molecular flexibility index (Phi) is 2.62. The molecule has 0 saturated carbocycles. The highest BCUT2D eigenvalue weighted by Gasteiger charge is 2.22. The number of hydrogen-bond acceptors (Lipinski definition) is 5. The molecular formula is C19H14O5. The first-order valence-electron chi connectivity index (χ1n) is 7.67. The van der Waals surface area contributed by atoms with E-state index in [2.05, 4.69) is 0 Å². The van der Waals surface area contributed by atoms with Crippen LogP contribution < -0.4 is 18.9 Å². The summed E-state index contributed by atoms with van der Waals surface area (Å²) in [5, 5.41) is 12.5. The molecule has 1 N–H and O–H groups in total. The third-order valence-corrected chi connectivity index (χ3v) is 4.56. The lowest BCUT2D eigenvalue weighted by Gasteiger charge is -2.13. The van der Waals surface area contributed by atoms with Crippen molar-refractivity contribution in [3.8, 4) is 39.9 Å². The highest BCUT2D eigenvalue weighted by Crippen LogP contribution is 2.46. The molecule has 5 heteroatoms. The third-order valence-electron chi connectivity index (χ3n) is 4.56. The Labute approximate surface area is 138 Å². The van der Waals surface area contributed by atoms with Crippen LogP contribution in [-0.2, 0) is 0 Å². The van der Waals surface area contributed by atoms with Crippen molar-refractivity contribution in [2.45, 2.75) is 6.92 Å². The summed E-state index contributed by atoms with van der Waals surface area (Å²) >= 11 is 0. The highest BCUT2D eigenvalue weighted by atomic mass is 16.7. The van der Waals surface area contributed by atoms with Crippen LogP contribution in [0.15, 0.2) is 36.4 Å². The van der Waals surface area contributed by atoms with Crippen molar-refractivity contribution >= 4 is 10.8 Å². The molecule has 0 aromatic heterocycles. The minimum absolute atomic E-state index is 0.209. The van der Waals surface area contributed by atoms with Gasteiger partial charge < -0.3 is 24.1 Å². The van der Waals surface area contributed by atoms with E-state index in [1.165, 1.54) is 0 Å². The summed E-state index contributed by atoms with van der Waals surface area (Å²) in [5.74, 6) is 3.04. The Bertz CT molecular complexity index is 993. The molecule has 5 nitrogen and oxygen atoms in total. The van der Waals surface area contributed by atoms with Gasteiger partial charge in [0.25, 0.3) is 0 Å². The second-order valence-corrected chi connectivity index (χ2v) is 5.86. The maximum atomic E-state index is 10.8. The van der Waals surface area contributed by atoms with Gasteiger partial charge in [-0.05, 0) is 36.1 Å². The zero-order chi connectivity index (χ0) is 16.3. The van der Waals surface area contributed by atoms with Crippen molar-refractivity contribution in [2.24, 2.45) is 0 Å². The molecule has 2 aliphatic heterocycles. The number of aromatic hydroxyl groups is 1. The predicted molar refractivity (Wildman–Crippen MR) is 88.0 cm³/mol. The summed E-state index contributed by atoms with van der Waals surface area (Å²) in [5.41, 5.74) is 2.61. The number of rotatable bonds is 1. The standard InChI is InChI=1S/C19H14O5/c1-10-12(4-5-15-19(10)24-9-21-15)13-3-2-11-6-16-17(23-8-22-16)7-14(11)18(13)20/h2-7,20H,8-9H2,1H3. The summed E-state index contributed by atoms with van der Waals surface area (Å²) < 4.78 is 21.8. The summed E-state index contributed by atoms with van der Waals surface area (Å²) in [7, 11) is 0. The van der Waals surface area contributed by atoms with E-state index in [9.17, 15) is 5.11 Å². The van der Waals surface area contributed by atoms with Crippen LogP contribution >= 0.6 is 0 Å². The van der Waals surface area contributed by atoms with Crippen molar-refractivity contribution in [1.82, 2.24) is 0 Å². The fourth-order valence-corrected chi connectivity index (χ4v) is 3.32. The Morgan fingerprint density at radius 3 is 2.38 bits per heavy atom. The van der Waals surface area contributed by atoms with Gasteiger partial charge in [0.1, 0.15) is 5.75 Å². The third kappa shape index (κ3) is 1.75. The van der Waals surface area contributed by atoms with Crippen molar-refractivity contribution in [1.29, 1.82) is 0 Å². The summed E-state index contributed by atoms with van der Waals surface area (Å²) in [6.07, 6.45) is 0. The molecule has 2 aliphatic rings. The number of hydrogen-bond donors (Lipinski definition) is 1. The average molecular weight is 322 g/mol. The lowest BCUT2D eigenvalue weighted by Crippen LogP contribution is -1.93. The quantitative estimate of drug-likeness (QED) is 0.734. The monoisotopic (exact) mass is 322 g/mol. The summed E-state index contributed by atoms with van der Waals surface area (Å²) in [6, 6.07) is 11.4. The van der Waals surface area contributed by atoms with Crippen molar-refractivity contribution in [2.75, 3.05) is 13.6 Å². The second-order valence-electron chi connectivity index (χ2n) is 5.86. The number of phenolic OH excluding ortho intramolecular Hbond substituents is 1. The van der Waals surface area contributed by atoms with Gasteiger partial charge in [0.2, 0.25) is 13.6 Å². The summed E-state index contributed by atoms with van der Waals surface area (Å²) in [4.78, 5) is 0. The van der Waals surface area contributed by atoms with E-state index in [0.29, 0.717) is 11.5 Å². The van der Waals surface area contributed by atoms with Crippen LogP contribution in [-0.4, -0.2) is 18.7 Å². The van der Waals surface area contributed by atoms with E-state index >= 15 is 0 Å². The SMILES string of the molecule is Cc1c(-c2ccc3cc4c(cc3c2O)OCO4)ccc2c1OCO2. The maximum Gasteiger partial charge on any atom is 0.231 e. The molecule has 0 aliphatic carbocycles. The minimum atomic E-state index is 0.209. The van der Waals surface area contributed by atoms with Crippen molar-refractivity contribution in [3.05, 3.63) is 42.0 Å². The highest BCUT2D eigenvalue weighted by molar-refractivity contribution is 5.97. The first kappa shape index (κ1) is 13.4. The van der Waals surface area contributed by atoms with Crippen LogP contribution in [0.4, 0.5) is 0 Å². The smallest absolute Gasteiger partial charge is 0.231 e. The average Bonchev–Trinajstić information content (AvgIpc) is 3.23. The molecule has 0 radical (unpaired) electrons. The molecule has 0 spiro atoms. The van der Waals surface area contributed by atoms with Crippen molar-refractivity contribution in [3.63, 3.8) is 0 Å². The van der Waals surface area contributed by atoms with Crippen LogP contribution in [0.1, 0.15) is 5.56 Å². The van der Waals surface area contributed by atoms with Crippen molar-refractivity contribution < 1.29 is 24.1 Å². The molecule has 0 amide bonds. The van der Waals surface area contributed by atoms with E-state index < -0.39 is 0 Å². The van der Waals surface area contributed by atoms with Gasteiger partial charge in [-0.25, -0.2) is 0 Å². The zero-order valence-electron chi connectivity index (χ0n) is 13.0. The molecule has 24 heavy (non-hydrogen) atoms. The molecule has 120 valence electrons. The van der Waals surface area contributed by atoms with E-state index in [1.807, 2.05) is 43.3 Å². The number of fused-ring (bicyclic) bond motifs is 3. The Morgan fingerprint density at radius 1 is 0.792 bits per heavy atom. The molecule has 5 rings (SSSR count). The van der Waals surface area contributed by atoms with Gasteiger partial charge in [0.15, 0.2) is 23.0 Å². The first-order valence-corrected chi connectivity index (χ1v) is 7.67. The Balaban J connectivity index is 1.73. The van der Waals surface area contributed by atoms with Crippen LogP contribution in [0.5, 0.6) is 28.7 Å². The largest absolute Gasteiger partial charge is 0.507 e. The van der Waals surface area contributed by atoms with Crippen LogP contribution in [0.3, 0.4) is 0 Å². The van der Waals surface area contributed by atoms with Gasteiger partial charge in [-0.15, -0.1) is 0 Å². The molecule has 3 aromatic carbocycles. The van der Waals surface area contributed by atoms with Gasteiger partial charge in [0, 0.05) is 16.5 Å². The van der Waals surface area contributed by atoms with Gasteiger partial charge >= 0.3 is 0 Å². The predicted octanol–water partition coefficient (Wildman–Crippen LogP) is 3.98. The second kappa shape index (κ2) is 4.71.